The van der Waals surface area contributed by atoms with E-state index in [1.54, 1.807) is 0 Å². The van der Waals surface area contributed by atoms with Gasteiger partial charge in [-0.15, -0.1) is 0 Å². The predicted molar refractivity (Wildman–Crippen MR) is 81.2 cm³/mol. The van der Waals surface area contributed by atoms with Crippen LogP contribution in [0.5, 0.6) is 0 Å². The first kappa shape index (κ1) is 13.9. The van der Waals surface area contributed by atoms with Gasteiger partial charge in [-0.25, -0.2) is 0 Å². The molecule has 1 aliphatic heterocycles. The zero-order valence-corrected chi connectivity index (χ0v) is 12.2. The van der Waals surface area contributed by atoms with Crippen LogP contribution in [-0.2, 0) is 0 Å². The molecule has 1 aromatic rings. The molecule has 2 nitrogen and oxygen atoms in total. The molecule has 1 aliphatic rings. The van der Waals surface area contributed by atoms with Crippen LogP contribution >= 0.6 is 11.8 Å². The molecule has 1 fully saturated rings. The molecule has 2 atom stereocenters. The molecule has 1 heterocycles. The minimum atomic E-state index is 0.542. The second-order valence-electron chi connectivity index (χ2n) is 4.93. The van der Waals surface area contributed by atoms with E-state index in [9.17, 15) is 0 Å². The number of benzene rings is 1. The van der Waals surface area contributed by atoms with Gasteiger partial charge in [-0.1, -0.05) is 37.3 Å². The maximum absolute atomic E-state index is 3.60. The Bertz CT molecular complexity index is 342. The first-order valence-corrected chi connectivity index (χ1v) is 8.07. The van der Waals surface area contributed by atoms with Crippen molar-refractivity contribution in [3.8, 4) is 0 Å². The van der Waals surface area contributed by atoms with Crippen LogP contribution in [0.4, 0.5) is 0 Å². The van der Waals surface area contributed by atoms with Crippen LogP contribution in [0.15, 0.2) is 30.3 Å². The van der Waals surface area contributed by atoms with Gasteiger partial charge in [-0.2, -0.15) is 11.8 Å². The molecule has 0 aliphatic carbocycles. The maximum Gasteiger partial charge on any atom is 0.0473 e. The molecule has 1 N–H and O–H groups in total. The number of nitrogens with one attached hydrogen (secondary N) is 1. The summed E-state index contributed by atoms with van der Waals surface area (Å²) in [6, 6.07) is 12.0. The molecule has 0 saturated carbocycles. The Morgan fingerprint density at radius 3 is 2.83 bits per heavy atom. The molecule has 2 unspecified atom stereocenters. The fourth-order valence-corrected chi connectivity index (χ4v) is 3.21. The Kier molecular flexibility index (Phi) is 5.54. The smallest absolute Gasteiger partial charge is 0.0473 e. The quantitative estimate of drug-likeness (QED) is 0.823. The Morgan fingerprint density at radius 2 is 2.11 bits per heavy atom. The van der Waals surface area contributed by atoms with E-state index < -0.39 is 0 Å². The minimum absolute atomic E-state index is 0.542. The first-order chi connectivity index (χ1) is 8.81. The summed E-state index contributed by atoms with van der Waals surface area (Å²) in [7, 11) is 0. The molecule has 3 heteroatoms. The van der Waals surface area contributed by atoms with Crippen LogP contribution < -0.4 is 5.32 Å². The molecule has 1 saturated heterocycles. The lowest BCUT2D eigenvalue weighted by Gasteiger charge is -2.39. The standard InChI is InChI=1S/C15H24N2S/c1-3-18-10-9-17-12-13(2)16-11-15(17)14-7-5-4-6-8-14/h4-8,13,15-16H,3,9-12H2,1-2H3. The van der Waals surface area contributed by atoms with Crippen molar-refractivity contribution in [2.75, 3.05) is 31.1 Å². The summed E-state index contributed by atoms with van der Waals surface area (Å²) in [5.41, 5.74) is 1.44. The minimum Gasteiger partial charge on any atom is -0.311 e. The number of piperazine rings is 1. The van der Waals surface area contributed by atoms with E-state index in [4.69, 9.17) is 0 Å². The highest BCUT2D eigenvalue weighted by molar-refractivity contribution is 7.99. The summed E-state index contributed by atoms with van der Waals surface area (Å²) >= 11 is 2.04. The van der Waals surface area contributed by atoms with Gasteiger partial charge in [0.15, 0.2) is 0 Å². The number of thioether (sulfide) groups is 1. The lowest BCUT2D eigenvalue weighted by molar-refractivity contribution is 0.144. The van der Waals surface area contributed by atoms with Gasteiger partial charge in [0.2, 0.25) is 0 Å². The van der Waals surface area contributed by atoms with Crippen molar-refractivity contribution in [3.63, 3.8) is 0 Å². The lowest BCUT2D eigenvalue weighted by atomic mass is 10.0. The van der Waals surface area contributed by atoms with Gasteiger partial charge < -0.3 is 5.32 Å². The molecule has 2 rings (SSSR count). The Labute approximate surface area is 115 Å². The predicted octanol–water partition coefficient (Wildman–Crippen LogP) is 2.77. The van der Waals surface area contributed by atoms with Gasteiger partial charge in [0.1, 0.15) is 0 Å². The van der Waals surface area contributed by atoms with Crippen molar-refractivity contribution in [2.24, 2.45) is 0 Å². The summed E-state index contributed by atoms with van der Waals surface area (Å²) < 4.78 is 0. The van der Waals surface area contributed by atoms with E-state index in [2.05, 4.69) is 54.4 Å². The second kappa shape index (κ2) is 7.17. The van der Waals surface area contributed by atoms with Gasteiger partial charge in [-0.05, 0) is 18.2 Å². The Morgan fingerprint density at radius 1 is 1.33 bits per heavy atom. The zero-order valence-electron chi connectivity index (χ0n) is 11.4. The molecule has 0 spiro atoms. The van der Waals surface area contributed by atoms with Crippen LogP contribution in [0.1, 0.15) is 25.5 Å². The largest absolute Gasteiger partial charge is 0.311 e. The van der Waals surface area contributed by atoms with E-state index >= 15 is 0 Å². The van der Waals surface area contributed by atoms with E-state index in [-0.39, 0.29) is 0 Å². The highest BCUT2D eigenvalue weighted by Crippen LogP contribution is 2.23. The highest BCUT2D eigenvalue weighted by Gasteiger charge is 2.26. The number of hydrogen-bond donors (Lipinski definition) is 1. The van der Waals surface area contributed by atoms with Gasteiger partial charge >= 0.3 is 0 Å². The summed E-state index contributed by atoms with van der Waals surface area (Å²) in [6.07, 6.45) is 0. The Balaban J connectivity index is 2.01. The van der Waals surface area contributed by atoms with Crippen molar-refractivity contribution in [1.82, 2.24) is 10.2 Å². The summed E-state index contributed by atoms with van der Waals surface area (Å²) in [4.78, 5) is 2.64. The van der Waals surface area contributed by atoms with E-state index in [0.717, 1.165) is 13.1 Å². The van der Waals surface area contributed by atoms with Crippen molar-refractivity contribution in [3.05, 3.63) is 35.9 Å². The van der Waals surface area contributed by atoms with Crippen molar-refractivity contribution in [2.45, 2.75) is 25.9 Å². The summed E-state index contributed by atoms with van der Waals surface area (Å²) in [6.45, 7) is 7.94. The van der Waals surface area contributed by atoms with E-state index in [1.807, 2.05) is 11.8 Å². The number of hydrogen-bond acceptors (Lipinski definition) is 3. The van der Waals surface area contributed by atoms with Crippen LogP contribution in [0.3, 0.4) is 0 Å². The summed E-state index contributed by atoms with van der Waals surface area (Å²) in [5, 5.41) is 3.60. The van der Waals surface area contributed by atoms with Gasteiger partial charge in [0.05, 0.1) is 0 Å². The van der Waals surface area contributed by atoms with E-state index in [1.165, 1.54) is 23.6 Å². The van der Waals surface area contributed by atoms with Crippen molar-refractivity contribution >= 4 is 11.8 Å². The van der Waals surface area contributed by atoms with Crippen molar-refractivity contribution in [1.29, 1.82) is 0 Å². The molecule has 18 heavy (non-hydrogen) atoms. The molecule has 0 amide bonds. The molecule has 0 aromatic heterocycles. The van der Waals surface area contributed by atoms with Crippen LogP contribution in [0, 0.1) is 0 Å². The average Bonchev–Trinajstić information content (AvgIpc) is 2.40. The highest BCUT2D eigenvalue weighted by atomic mass is 32.2. The lowest BCUT2D eigenvalue weighted by Crippen LogP contribution is -2.51. The zero-order chi connectivity index (χ0) is 12.8. The van der Waals surface area contributed by atoms with Gasteiger partial charge in [0.25, 0.3) is 0 Å². The summed E-state index contributed by atoms with van der Waals surface area (Å²) in [5.74, 6) is 2.46. The first-order valence-electron chi connectivity index (χ1n) is 6.91. The topological polar surface area (TPSA) is 15.3 Å². The Hall–Kier alpha value is -0.510. The molecule has 100 valence electrons. The molecule has 0 bridgehead atoms. The molecule has 0 radical (unpaired) electrons. The van der Waals surface area contributed by atoms with Crippen LogP contribution in [-0.4, -0.2) is 42.1 Å². The third-order valence-corrected chi connectivity index (χ3v) is 4.40. The van der Waals surface area contributed by atoms with E-state index in [0.29, 0.717) is 12.1 Å². The number of rotatable bonds is 5. The molecular weight excluding hydrogens is 240 g/mol. The fourth-order valence-electron chi connectivity index (χ4n) is 2.56. The maximum atomic E-state index is 3.60. The van der Waals surface area contributed by atoms with Crippen LogP contribution in [0.2, 0.25) is 0 Å². The average molecular weight is 264 g/mol. The van der Waals surface area contributed by atoms with Gasteiger partial charge in [-0.3, -0.25) is 4.90 Å². The van der Waals surface area contributed by atoms with Crippen LogP contribution in [0.25, 0.3) is 0 Å². The monoisotopic (exact) mass is 264 g/mol. The SMILES string of the molecule is CCSCCN1CC(C)NCC1c1ccccc1. The molecular formula is C15H24N2S. The third-order valence-electron chi connectivity index (χ3n) is 3.52. The normalized spacial score (nSPS) is 25.2. The van der Waals surface area contributed by atoms with Gasteiger partial charge in [0, 0.05) is 37.5 Å². The fraction of sp³-hybridized carbons (Fsp3) is 0.600. The van der Waals surface area contributed by atoms with Crippen molar-refractivity contribution < 1.29 is 0 Å². The molecule has 1 aromatic carbocycles. The third kappa shape index (κ3) is 3.74. The second-order valence-corrected chi connectivity index (χ2v) is 6.32. The number of nitrogens with zero attached hydrogens (tertiary/aromatic N) is 1.